The van der Waals surface area contributed by atoms with Crippen LogP contribution in [0.1, 0.15) is 11.1 Å². The minimum absolute atomic E-state index is 0.357. The molecule has 0 heterocycles. The van der Waals surface area contributed by atoms with Gasteiger partial charge < -0.3 is 0 Å². The zero-order chi connectivity index (χ0) is 13.0. The summed E-state index contributed by atoms with van der Waals surface area (Å²) in [5.41, 5.74) is 2.86. The Morgan fingerprint density at radius 3 is 2.00 bits per heavy atom. The van der Waals surface area contributed by atoms with Crippen LogP contribution in [0.3, 0.4) is 0 Å². The Bertz CT molecular complexity index is 542. The summed E-state index contributed by atoms with van der Waals surface area (Å²) in [6.45, 7) is 0. The second-order valence-electron chi connectivity index (χ2n) is 3.80. The molecule has 18 heavy (non-hydrogen) atoms. The Kier molecular flexibility index (Phi) is 4.71. The van der Waals surface area contributed by atoms with E-state index < -0.39 is 0 Å². The van der Waals surface area contributed by atoms with Crippen molar-refractivity contribution in [2.24, 2.45) is 0 Å². The van der Waals surface area contributed by atoms with E-state index in [0.29, 0.717) is 15.9 Å². The lowest BCUT2D eigenvalue weighted by molar-refractivity contribution is 1.56. The largest absolute Gasteiger partial charge is 0.121 e. The molecular weight excluding hydrogens is 287 g/mol. The molecule has 0 bridgehead atoms. The smallest absolute Gasteiger partial charge is 0.0528 e. The minimum atomic E-state index is 0.357. The van der Waals surface area contributed by atoms with E-state index in [1.165, 1.54) is 0 Å². The van der Waals surface area contributed by atoms with E-state index in [1.54, 1.807) is 0 Å². The quantitative estimate of drug-likeness (QED) is 0.504. The van der Waals surface area contributed by atoms with Gasteiger partial charge in [0.05, 0.1) is 5.03 Å². The van der Waals surface area contributed by atoms with Crippen LogP contribution in [-0.2, 0) is 0 Å². The van der Waals surface area contributed by atoms with Crippen molar-refractivity contribution in [1.29, 1.82) is 0 Å². The van der Waals surface area contributed by atoms with Crippen LogP contribution in [0, 0.1) is 0 Å². The Labute approximate surface area is 122 Å². The number of halogens is 3. The van der Waals surface area contributed by atoms with Gasteiger partial charge in [0.25, 0.3) is 0 Å². The van der Waals surface area contributed by atoms with E-state index in [4.69, 9.17) is 34.8 Å². The van der Waals surface area contributed by atoms with Gasteiger partial charge in [-0.15, -0.1) is 11.6 Å². The van der Waals surface area contributed by atoms with Gasteiger partial charge in [0.15, 0.2) is 0 Å². The van der Waals surface area contributed by atoms with E-state index in [2.05, 4.69) is 0 Å². The number of alkyl halides is 1. The summed E-state index contributed by atoms with van der Waals surface area (Å²) in [5, 5.41) is 1.37. The van der Waals surface area contributed by atoms with Gasteiger partial charge in [-0.1, -0.05) is 65.7 Å². The lowest BCUT2D eigenvalue weighted by atomic mass is 10.0. The summed E-state index contributed by atoms with van der Waals surface area (Å²) in [6.07, 6.45) is 0. The minimum Gasteiger partial charge on any atom is -0.121 e. The second-order valence-corrected chi connectivity index (χ2v) is 4.88. The Morgan fingerprint density at radius 2 is 1.44 bits per heavy atom. The normalized spacial score (nSPS) is 12.2. The first kappa shape index (κ1) is 13.5. The number of rotatable bonds is 3. The summed E-state index contributed by atoms with van der Waals surface area (Å²) in [6, 6.07) is 17.3. The summed E-state index contributed by atoms with van der Waals surface area (Å²) in [4.78, 5) is 0. The van der Waals surface area contributed by atoms with E-state index in [9.17, 15) is 0 Å². The fraction of sp³-hybridized carbons (Fsp3) is 0.0667. The molecule has 0 radical (unpaired) electrons. The van der Waals surface area contributed by atoms with Crippen molar-refractivity contribution < 1.29 is 0 Å². The molecule has 2 aromatic rings. The molecule has 0 aliphatic carbocycles. The predicted octanol–water partition coefficient (Wildman–Crippen LogP) is 5.69. The molecule has 0 fully saturated rings. The van der Waals surface area contributed by atoms with Crippen LogP contribution in [0.5, 0.6) is 0 Å². The molecular formula is C15H11Cl3. The van der Waals surface area contributed by atoms with Crippen LogP contribution in [-0.4, -0.2) is 5.88 Å². The monoisotopic (exact) mass is 296 g/mol. The SMILES string of the molecule is ClCC(=C(Cl)c1ccccc1)c1ccc(Cl)cc1. The average Bonchev–Trinajstić information content (AvgIpc) is 2.42. The number of allylic oxidation sites excluding steroid dienone is 1. The highest BCUT2D eigenvalue weighted by Gasteiger charge is 2.08. The first-order valence-electron chi connectivity index (χ1n) is 5.48. The van der Waals surface area contributed by atoms with Crippen LogP contribution in [0.15, 0.2) is 54.6 Å². The number of benzene rings is 2. The lowest BCUT2D eigenvalue weighted by Crippen LogP contribution is -1.89. The van der Waals surface area contributed by atoms with Crippen LogP contribution >= 0.6 is 34.8 Å². The van der Waals surface area contributed by atoms with Crippen LogP contribution < -0.4 is 0 Å². The van der Waals surface area contributed by atoms with E-state index in [1.807, 2.05) is 54.6 Å². The highest BCUT2D eigenvalue weighted by atomic mass is 35.5. The molecule has 0 amide bonds. The maximum absolute atomic E-state index is 6.41. The van der Waals surface area contributed by atoms with Crippen LogP contribution in [0.25, 0.3) is 10.6 Å². The van der Waals surface area contributed by atoms with Gasteiger partial charge in [-0.3, -0.25) is 0 Å². The Balaban J connectivity index is 2.47. The predicted molar refractivity (Wildman–Crippen MR) is 81.3 cm³/mol. The molecule has 0 aromatic heterocycles. The molecule has 0 unspecified atom stereocenters. The lowest BCUT2D eigenvalue weighted by Gasteiger charge is -2.09. The van der Waals surface area contributed by atoms with Crippen molar-refractivity contribution in [3.05, 3.63) is 70.7 Å². The van der Waals surface area contributed by atoms with E-state index >= 15 is 0 Å². The second kappa shape index (κ2) is 6.29. The van der Waals surface area contributed by atoms with Gasteiger partial charge in [-0.25, -0.2) is 0 Å². The first-order chi connectivity index (χ1) is 8.72. The molecule has 2 aromatic carbocycles. The molecule has 0 atom stereocenters. The Hall–Kier alpha value is -0.950. The zero-order valence-corrected chi connectivity index (χ0v) is 11.8. The third kappa shape index (κ3) is 3.08. The van der Waals surface area contributed by atoms with Crippen LogP contribution in [0.4, 0.5) is 0 Å². The molecule has 2 rings (SSSR count). The average molecular weight is 298 g/mol. The molecule has 0 spiro atoms. The summed E-state index contributed by atoms with van der Waals surface area (Å²) >= 11 is 18.3. The van der Waals surface area contributed by atoms with Crippen molar-refractivity contribution in [3.63, 3.8) is 0 Å². The maximum atomic E-state index is 6.41. The van der Waals surface area contributed by atoms with Crippen molar-refractivity contribution in [2.45, 2.75) is 0 Å². The molecule has 0 aliphatic rings. The molecule has 0 nitrogen and oxygen atoms in total. The van der Waals surface area contributed by atoms with Gasteiger partial charge in [-0.2, -0.15) is 0 Å². The third-order valence-electron chi connectivity index (χ3n) is 2.62. The summed E-state index contributed by atoms with van der Waals surface area (Å²) in [7, 11) is 0. The van der Waals surface area contributed by atoms with Gasteiger partial charge in [0.1, 0.15) is 0 Å². The van der Waals surface area contributed by atoms with Gasteiger partial charge in [0, 0.05) is 10.9 Å². The highest BCUT2D eigenvalue weighted by Crippen LogP contribution is 2.30. The molecule has 0 N–H and O–H groups in total. The molecule has 0 saturated carbocycles. The fourth-order valence-corrected chi connectivity index (χ4v) is 2.46. The highest BCUT2D eigenvalue weighted by molar-refractivity contribution is 6.53. The molecule has 3 heteroatoms. The first-order valence-corrected chi connectivity index (χ1v) is 6.77. The third-order valence-corrected chi connectivity index (χ3v) is 3.58. The molecule has 0 saturated heterocycles. The summed E-state index contributed by atoms with van der Waals surface area (Å²) < 4.78 is 0. The summed E-state index contributed by atoms with van der Waals surface area (Å²) in [5.74, 6) is 0.357. The van der Waals surface area contributed by atoms with Crippen LogP contribution in [0.2, 0.25) is 5.02 Å². The fourth-order valence-electron chi connectivity index (χ4n) is 1.67. The van der Waals surface area contributed by atoms with Crippen molar-refractivity contribution in [2.75, 3.05) is 5.88 Å². The number of hydrogen-bond acceptors (Lipinski definition) is 0. The molecule has 92 valence electrons. The van der Waals surface area contributed by atoms with Crippen molar-refractivity contribution in [3.8, 4) is 0 Å². The maximum Gasteiger partial charge on any atom is 0.0528 e. The van der Waals surface area contributed by atoms with Gasteiger partial charge >= 0.3 is 0 Å². The topological polar surface area (TPSA) is 0 Å². The van der Waals surface area contributed by atoms with E-state index in [0.717, 1.165) is 16.7 Å². The molecule has 0 aliphatic heterocycles. The van der Waals surface area contributed by atoms with E-state index in [-0.39, 0.29) is 0 Å². The standard InChI is InChI=1S/C15H11Cl3/c16-10-14(11-6-8-13(17)9-7-11)15(18)12-4-2-1-3-5-12/h1-9H,10H2. The van der Waals surface area contributed by atoms with Crippen molar-refractivity contribution >= 4 is 45.4 Å². The number of hydrogen-bond donors (Lipinski definition) is 0. The Morgan fingerprint density at radius 1 is 0.833 bits per heavy atom. The van der Waals surface area contributed by atoms with Gasteiger partial charge in [0.2, 0.25) is 0 Å². The van der Waals surface area contributed by atoms with Crippen molar-refractivity contribution in [1.82, 2.24) is 0 Å². The van der Waals surface area contributed by atoms with Gasteiger partial charge in [-0.05, 0) is 28.8 Å². The zero-order valence-electron chi connectivity index (χ0n) is 9.54.